The molecule has 1 saturated heterocycles. The van der Waals surface area contributed by atoms with Gasteiger partial charge in [0.05, 0.1) is 0 Å². The molecule has 1 aliphatic heterocycles. The molecule has 1 N–H and O–H groups in total. The van der Waals surface area contributed by atoms with Crippen molar-refractivity contribution in [2.45, 2.75) is 50.3 Å². The van der Waals surface area contributed by atoms with Gasteiger partial charge in [0, 0.05) is 17.0 Å². The topological polar surface area (TPSA) is 12.0 Å². The Balaban J connectivity index is 1.43. The summed E-state index contributed by atoms with van der Waals surface area (Å²) in [5.41, 5.74) is 0. The van der Waals surface area contributed by atoms with E-state index in [4.69, 9.17) is 0 Å². The normalized spacial score (nSPS) is 49.0. The maximum absolute atomic E-state index is 3.82. The molecule has 2 bridgehead atoms. The van der Waals surface area contributed by atoms with Gasteiger partial charge in [0.25, 0.3) is 0 Å². The van der Waals surface area contributed by atoms with Gasteiger partial charge in [0.1, 0.15) is 0 Å². The van der Waals surface area contributed by atoms with Crippen LogP contribution in [0, 0.1) is 17.8 Å². The second kappa shape index (κ2) is 4.29. The molecule has 15 heavy (non-hydrogen) atoms. The van der Waals surface area contributed by atoms with E-state index >= 15 is 0 Å². The fourth-order valence-electron chi connectivity index (χ4n) is 3.90. The molecule has 1 nitrogen and oxygen atoms in total. The van der Waals surface area contributed by atoms with Crippen LogP contribution in [0.15, 0.2) is 0 Å². The molecule has 5 atom stereocenters. The molecule has 5 unspecified atom stereocenters. The van der Waals surface area contributed by atoms with Crippen molar-refractivity contribution in [1.29, 1.82) is 0 Å². The maximum Gasteiger partial charge on any atom is 0.0168 e. The molecule has 3 aliphatic rings. The fraction of sp³-hybridized carbons (Fsp3) is 1.00. The Morgan fingerprint density at radius 2 is 2.13 bits per heavy atom. The van der Waals surface area contributed by atoms with Crippen molar-refractivity contribution in [1.82, 2.24) is 5.32 Å². The Morgan fingerprint density at radius 3 is 2.73 bits per heavy atom. The van der Waals surface area contributed by atoms with Crippen LogP contribution in [0.5, 0.6) is 0 Å². The molecule has 3 rings (SSSR count). The summed E-state index contributed by atoms with van der Waals surface area (Å²) >= 11 is 2.14. The van der Waals surface area contributed by atoms with Gasteiger partial charge in [-0.1, -0.05) is 13.3 Å². The first kappa shape index (κ1) is 10.5. The number of hydrogen-bond acceptors (Lipinski definition) is 2. The van der Waals surface area contributed by atoms with E-state index in [2.05, 4.69) is 24.0 Å². The lowest BCUT2D eigenvalue weighted by atomic mass is 9.88. The SMILES string of the molecule is CC1CC(NCC2CC3CCC2C3)CS1. The van der Waals surface area contributed by atoms with Crippen molar-refractivity contribution in [3.63, 3.8) is 0 Å². The monoisotopic (exact) mass is 225 g/mol. The Bertz CT molecular complexity index is 231. The Labute approximate surface area is 97.8 Å². The lowest BCUT2D eigenvalue weighted by molar-refractivity contribution is 0.308. The van der Waals surface area contributed by atoms with Crippen molar-refractivity contribution >= 4 is 11.8 Å². The van der Waals surface area contributed by atoms with Crippen molar-refractivity contribution in [2.24, 2.45) is 17.8 Å². The van der Waals surface area contributed by atoms with Crippen LogP contribution in [-0.4, -0.2) is 23.6 Å². The largest absolute Gasteiger partial charge is 0.313 e. The zero-order chi connectivity index (χ0) is 10.3. The number of hydrogen-bond donors (Lipinski definition) is 1. The van der Waals surface area contributed by atoms with Crippen molar-refractivity contribution in [2.75, 3.05) is 12.3 Å². The van der Waals surface area contributed by atoms with E-state index in [0.29, 0.717) is 0 Å². The van der Waals surface area contributed by atoms with Crippen molar-refractivity contribution in [3.8, 4) is 0 Å². The van der Waals surface area contributed by atoms with Gasteiger partial charge in [-0.05, 0) is 50.0 Å². The van der Waals surface area contributed by atoms with Crippen LogP contribution in [0.4, 0.5) is 0 Å². The molecule has 1 heterocycles. The molecule has 2 saturated carbocycles. The quantitative estimate of drug-likeness (QED) is 0.792. The standard InChI is InChI=1S/C13H23NS/c1-9-4-13(8-15-9)14-7-12-6-10-2-3-11(12)5-10/h9-14H,2-8H2,1H3. The van der Waals surface area contributed by atoms with E-state index in [1.807, 2.05) is 0 Å². The average molecular weight is 225 g/mol. The molecule has 0 spiro atoms. The molecule has 0 aromatic carbocycles. The predicted molar refractivity (Wildman–Crippen MR) is 67.3 cm³/mol. The number of nitrogens with one attached hydrogen (secondary N) is 1. The summed E-state index contributed by atoms with van der Waals surface area (Å²) < 4.78 is 0. The van der Waals surface area contributed by atoms with Crippen molar-refractivity contribution in [3.05, 3.63) is 0 Å². The van der Waals surface area contributed by atoms with E-state index in [9.17, 15) is 0 Å². The lowest BCUT2D eigenvalue weighted by Gasteiger charge is -2.23. The van der Waals surface area contributed by atoms with Crippen LogP contribution in [0.2, 0.25) is 0 Å². The first-order chi connectivity index (χ1) is 7.31. The lowest BCUT2D eigenvalue weighted by Crippen LogP contribution is -2.35. The minimum atomic E-state index is 0.823. The van der Waals surface area contributed by atoms with Gasteiger partial charge in [0.15, 0.2) is 0 Å². The van der Waals surface area contributed by atoms with Crippen LogP contribution in [0.1, 0.15) is 39.0 Å². The molecule has 0 aromatic heterocycles. The number of rotatable bonds is 3. The second-order valence-corrected chi connectivity index (χ2v) is 7.39. The second-order valence-electron chi connectivity index (χ2n) is 5.92. The van der Waals surface area contributed by atoms with E-state index in [0.717, 1.165) is 29.0 Å². The summed E-state index contributed by atoms with van der Waals surface area (Å²) in [4.78, 5) is 0. The highest BCUT2D eigenvalue weighted by Gasteiger charge is 2.39. The maximum atomic E-state index is 3.82. The van der Waals surface area contributed by atoms with Gasteiger partial charge in [-0.25, -0.2) is 0 Å². The fourth-order valence-corrected chi connectivity index (χ4v) is 5.09. The molecule has 2 aliphatic carbocycles. The van der Waals surface area contributed by atoms with Gasteiger partial charge < -0.3 is 5.32 Å². The molecule has 2 heteroatoms. The van der Waals surface area contributed by atoms with Gasteiger partial charge in [-0.3, -0.25) is 0 Å². The third-order valence-electron chi connectivity index (χ3n) is 4.75. The molecule has 0 aromatic rings. The molecular weight excluding hydrogens is 202 g/mol. The zero-order valence-corrected chi connectivity index (χ0v) is 10.6. The van der Waals surface area contributed by atoms with Crippen LogP contribution in [0.3, 0.4) is 0 Å². The highest BCUT2D eigenvalue weighted by molar-refractivity contribution is 8.00. The van der Waals surface area contributed by atoms with Crippen molar-refractivity contribution < 1.29 is 0 Å². The predicted octanol–water partition coefficient (Wildman–Crippen LogP) is 2.91. The van der Waals surface area contributed by atoms with Gasteiger partial charge >= 0.3 is 0 Å². The number of thioether (sulfide) groups is 1. The van der Waals surface area contributed by atoms with Crippen LogP contribution in [0.25, 0.3) is 0 Å². The van der Waals surface area contributed by atoms with E-state index < -0.39 is 0 Å². The van der Waals surface area contributed by atoms with Crippen LogP contribution in [-0.2, 0) is 0 Å². The Morgan fingerprint density at radius 1 is 1.20 bits per heavy atom. The van der Waals surface area contributed by atoms with Gasteiger partial charge in [0.2, 0.25) is 0 Å². The first-order valence-electron chi connectivity index (χ1n) is 6.66. The molecule has 3 fully saturated rings. The summed E-state index contributed by atoms with van der Waals surface area (Å²) in [5.74, 6) is 4.58. The van der Waals surface area contributed by atoms with Crippen LogP contribution >= 0.6 is 11.8 Å². The highest BCUT2D eigenvalue weighted by atomic mass is 32.2. The molecule has 0 amide bonds. The van der Waals surface area contributed by atoms with E-state index in [1.54, 1.807) is 6.42 Å². The van der Waals surface area contributed by atoms with Crippen LogP contribution < -0.4 is 5.32 Å². The first-order valence-corrected chi connectivity index (χ1v) is 7.71. The van der Waals surface area contributed by atoms with E-state index in [1.165, 1.54) is 38.0 Å². The zero-order valence-electron chi connectivity index (χ0n) is 9.74. The minimum absolute atomic E-state index is 0.823. The number of fused-ring (bicyclic) bond motifs is 2. The molecular formula is C13H23NS. The summed E-state index contributed by atoms with van der Waals surface area (Å²) in [5, 5.41) is 4.71. The summed E-state index contributed by atoms with van der Waals surface area (Å²) in [6, 6.07) is 0.823. The van der Waals surface area contributed by atoms with Gasteiger partial charge in [-0.2, -0.15) is 11.8 Å². The van der Waals surface area contributed by atoms with Gasteiger partial charge in [-0.15, -0.1) is 0 Å². The average Bonchev–Trinajstić information content (AvgIpc) is 2.90. The minimum Gasteiger partial charge on any atom is -0.313 e. The third kappa shape index (κ3) is 2.21. The molecule has 86 valence electrons. The molecule has 0 radical (unpaired) electrons. The summed E-state index contributed by atoms with van der Waals surface area (Å²) in [6.07, 6.45) is 7.56. The third-order valence-corrected chi connectivity index (χ3v) is 6.11. The Kier molecular flexibility index (Phi) is 2.99. The summed E-state index contributed by atoms with van der Waals surface area (Å²) in [7, 11) is 0. The highest BCUT2D eigenvalue weighted by Crippen LogP contribution is 2.48. The smallest absolute Gasteiger partial charge is 0.0168 e. The summed E-state index contributed by atoms with van der Waals surface area (Å²) in [6.45, 7) is 3.68. The van der Waals surface area contributed by atoms with E-state index in [-0.39, 0.29) is 0 Å². The Hall–Kier alpha value is 0.310.